The van der Waals surface area contributed by atoms with Crippen LogP contribution in [-0.4, -0.2) is 35.8 Å². The Morgan fingerprint density at radius 2 is 1.37 bits per heavy atom. The zero-order valence-electron chi connectivity index (χ0n) is 14.4. The molecular weight excluding hydrogens is 342 g/mol. The van der Waals surface area contributed by atoms with Gasteiger partial charge in [0.05, 0.1) is 11.1 Å². The summed E-state index contributed by atoms with van der Waals surface area (Å²) in [5, 5.41) is 7.19. The number of urea groups is 1. The van der Waals surface area contributed by atoms with Crippen LogP contribution in [-0.2, 0) is 0 Å². The van der Waals surface area contributed by atoms with Crippen molar-refractivity contribution in [3.05, 3.63) is 77.9 Å². The van der Waals surface area contributed by atoms with Crippen molar-refractivity contribution >= 4 is 34.3 Å². The summed E-state index contributed by atoms with van der Waals surface area (Å²) in [6.45, 7) is 0.286. The molecule has 134 valence electrons. The summed E-state index contributed by atoms with van der Waals surface area (Å²) in [6, 6.07) is 19.8. The molecule has 0 fully saturated rings. The summed E-state index contributed by atoms with van der Waals surface area (Å²) in [6.07, 6.45) is 0. The van der Waals surface area contributed by atoms with E-state index in [4.69, 9.17) is 0 Å². The van der Waals surface area contributed by atoms with Gasteiger partial charge < -0.3 is 10.6 Å². The number of nitrogens with zero attached hydrogens (tertiary/aromatic N) is 1. The Bertz CT molecular complexity index is 992. The zero-order chi connectivity index (χ0) is 18.8. The van der Waals surface area contributed by atoms with Crippen molar-refractivity contribution in [2.75, 3.05) is 18.4 Å². The van der Waals surface area contributed by atoms with Crippen LogP contribution < -0.4 is 10.6 Å². The van der Waals surface area contributed by atoms with Gasteiger partial charge in [0.1, 0.15) is 0 Å². The molecule has 3 aromatic rings. The molecule has 0 saturated heterocycles. The van der Waals surface area contributed by atoms with Gasteiger partial charge in [-0.2, -0.15) is 0 Å². The number of hydrogen-bond acceptors (Lipinski definition) is 3. The molecule has 0 unspecified atom stereocenters. The molecule has 0 saturated carbocycles. The Morgan fingerprint density at radius 1 is 0.815 bits per heavy atom. The Balaban J connectivity index is 1.41. The summed E-state index contributed by atoms with van der Waals surface area (Å²) < 4.78 is 0. The van der Waals surface area contributed by atoms with Crippen LogP contribution >= 0.6 is 0 Å². The fourth-order valence-corrected chi connectivity index (χ4v) is 3.16. The van der Waals surface area contributed by atoms with Gasteiger partial charge in [-0.15, -0.1) is 0 Å². The first-order chi connectivity index (χ1) is 13.1. The van der Waals surface area contributed by atoms with Crippen molar-refractivity contribution < 1.29 is 14.4 Å². The molecule has 4 amide bonds. The van der Waals surface area contributed by atoms with Crippen LogP contribution in [0.3, 0.4) is 0 Å². The Labute approximate surface area is 155 Å². The third-order valence-electron chi connectivity index (χ3n) is 4.49. The quantitative estimate of drug-likeness (QED) is 0.702. The molecule has 0 radical (unpaired) electrons. The highest BCUT2D eigenvalue weighted by Crippen LogP contribution is 2.27. The third-order valence-corrected chi connectivity index (χ3v) is 4.49. The average molecular weight is 359 g/mol. The standard InChI is InChI=1S/C21H17N3O3/c25-19-17-12-14-6-4-5-7-15(14)13-18(17)20(26)24(19)11-10-22-21(27)23-16-8-2-1-3-9-16/h1-9,12-13H,10-11H2,(H2,22,23,27). The van der Waals surface area contributed by atoms with Gasteiger partial charge in [0, 0.05) is 18.8 Å². The lowest BCUT2D eigenvalue weighted by Gasteiger charge is -2.14. The molecule has 6 nitrogen and oxygen atoms in total. The van der Waals surface area contributed by atoms with Crippen LogP contribution in [0.25, 0.3) is 10.8 Å². The van der Waals surface area contributed by atoms with Gasteiger partial charge in [0.15, 0.2) is 0 Å². The molecule has 6 heteroatoms. The monoisotopic (exact) mass is 359 g/mol. The number of rotatable bonds is 4. The second-order valence-corrected chi connectivity index (χ2v) is 6.25. The predicted molar refractivity (Wildman–Crippen MR) is 103 cm³/mol. The number of para-hydroxylation sites is 1. The molecule has 1 aliphatic rings. The van der Waals surface area contributed by atoms with E-state index in [2.05, 4.69) is 10.6 Å². The topological polar surface area (TPSA) is 78.5 Å². The van der Waals surface area contributed by atoms with Gasteiger partial charge in [-0.3, -0.25) is 14.5 Å². The number of nitrogens with one attached hydrogen (secondary N) is 2. The summed E-state index contributed by atoms with van der Waals surface area (Å²) in [4.78, 5) is 38.3. The van der Waals surface area contributed by atoms with Gasteiger partial charge in [0.2, 0.25) is 0 Å². The van der Waals surface area contributed by atoms with E-state index in [-0.39, 0.29) is 30.9 Å². The van der Waals surface area contributed by atoms with Crippen molar-refractivity contribution in [1.29, 1.82) is 0 Å². The van der Waals surface area contributed by atoms with Crippen LogP contribution in [0.1, 0.15) is 20.7 Å². The van der Waals surface area contributed by atoms with Crippen molar-refractivity contribution in [3.8, 4) is 0 Å². The molecule has 0 aliphatic carbocycles. The van der Waals surface area contributed by atoms with Crippen LogP contribution in [0, 0.1) is 0 Å². The third kappa shape index (κ3) is 3.25. The van der Waals surface area contributed by atoms with Gasteiger partial charge in [-0.05, 0) is 35.0 Å². The molecule has 27 heavy (non-hydrogen) atoms. The highest BCUT2D eigenvalue weighted by molar-refractivity contribution is 6.23. The van der Waals surface area contributed by atoms with Crippen LogP contribution in [0.5, 0.6) is 0 Å². The number of hydrogen-bond donors (Lipinski definition) is 2. The second-order valence-electron chi connectivity index (χ2n) is 6.25. The van der Waals surface area contributed by atoms with E-state index < -0.39 is 0 Å². The van der Waals surface area contributed by atoms with Crippen molar-refractivity contribution in [3.63, 3.8) is 0 Å². The number of imide groups is 1. The highest BCUT2D eigenvalue weighted by atomic mass is 16.2. The maximum absolute atomic E-state index is 12.6. The van der Waals surface area contributed by atoms with E-state index in [1.807, 2.05) is 42.5 Å². The van der Waals surface area contributed by atoms with Crippen molar-refractivity contribution in [1.82, 2.24) is 10.2 Å². The van der Waals surface area contributed by atoms with E-state index in [1.54, 1.807) is 24.3 Å². The lowest BCUT2D eigenvalue weighted by molar-refractivity contribution is 0.0656. The van der Waals surface area contributed by atoms with Crippen molar-refractivity contribution in [2.45, 2.75) is 0 Å². The molecule has 0 bridgehead atoms. The lowest BCUT2D eigenvalue weighted by atomic mass is 10.0. The Hall–Kier alpha value is -3.67. The number of benzene rings is 3. The van der Waals surface area contributed by atoms with E-state index in [1.165, 1.54) is 4.90 Å². The SMILES string of the molecule is O=C(NCCN1C(=O)c2cc3ccccc3cc2C1=O)Nc1ccccc1. The zero-order valence-corrected chi connectivity index (χ0v) is 14.4. The van der Waals surface area contributed by atoms with E-state index in [0.29, 0.717) is 16.8 Å². The van der Waals surface area contributed by atoms with Gasteiger partial charge in [-0.1, -0.05) is 42.5 Å². The minimum atomic E-state index is -0.386. The number of amides is 4. The molecular formula is C21H17N3O3. The van der Waals surface area contributed by atoms with Gasteiger partial charge >= 0.3 is 6.03 Å². The van der Waals surface area contributed by atoms with Crippen molar-refractivity contribution in [2.24, 2.45) is 0 Å². The summed E-state index contributed by atoms with van der Waals surface area (Å²) in [5.41, 5.74) is 1.49. The van der Waals surface area contributed by atoms with Crippen LogP contribution in [0.15, 0.2) is 66.7 Å². The van der Waals surface area contributed by atoms with Crippen LogP contribution in [0.2, 0.25) is 0 Å². The summed E-state index contributed by atoms with van der Waals surface area (Å²) >= 11 is 0. The minimum Gasteiger partial charge on any atom is -0.336 e. The molecule has 0 atom stereocenters. The first kappa shape index (κ1) is 16.8. The summed E-state index contributed by atoms with van der Waals surface area (Å²) in [5.74, 6) is -0.656. The largest absolute Gasteiger partial charge is 0.336 e. The van der Waals surface area contributed by atoms with E-state index >= 15 is 0 Å². The smallest absolute Gasteiger partial charge is 0.319 e. The first-order valence-corrected chi connectivity index (χ1v) is 8.62. The Kier molecular flexibility index (Phi) is 4.30. The molecule has 1 heterocycles. The maximum Gasteiger partial charge on any atom is 0.319 e. The minimum absolute atomic E-state index is 0.116. The fraction of sp³-hybridized carbons (Fsp3) is 0.0952. The summed E-state index contributed by atoms with van der Waals surface area (Å²) in [7, 11) is 0. The Morgan fingerprint density at radius 3 is 1.96 bits per heavy atom. The normalized spacial score (nSPS) is 13.0. The number of carbonyl (C=O) groups is 3. The number of anilines is 1. The highest BCUT2D eigenvalue weighted by Gasteiger charge is 2.35. The first-order valence-electron chi connectivity index (χ1n) is 8.62. The molecule has 4 rings (SSSR count). The molecule has 0 spiro atoms. The second kappa shape index (κ2) is 6.92. The van der Waals surface area contributed by atoms with Crippen LogP contribution in [0.4, 0.5) is 10.5 Å². The number of carbonyl (C=O) groups excluding carboxylic acids is 3. The molecule has 2 N–H and O–H groups in total. The fourth-order valence-electron chi connectivity index (χ4n) is 3.16. The number of fused-ring (bicyclic) bond motifs is 2. The predicted octanol–water partition coefficient (Wildman–Crippen LogP) is 3.26. The average Bonchev–Trinajstić information content (AvgIpc) is 2.91. The van der Waals surface area contributed by atoms with E-state index in [0.717, 1.165) is 10.8 Å². The van der Waals surface area contributed by atoms with Gasteiger partial charge in [0.25, 0.3) is 11.8 Å². The molecule has 1 aliphatic heterocycles. The lowest BCUT2D eigenvalue weighted by Crippen LogP contribution is -2.39. The maximum atomic E-state index is 12.6. The van der Waals surface area contributed by atoms with E-state index in [9.17, 15) is 14.4 Å². The van der Waals surface area contributed by atoms with Gasteiger partial charge in [-0.25, -0.2) is 4.79 Å². The molecule has 3 aromatic carbocycles. The molecule has 0 aromatic heterocycles.